The summed E-state index contributed by atoms with van der Waals surface area (Å²) in [4.78, 5) is 11.5. The number of benzene rings is 1. The van der Waals surface area contributed by atoms with Crippen molar-refractivity contribution in [1.29, 1.82) is 0 Å². The molecule has 0 spiro atoms. The van der Waals surface area contributed by atoms with Crippen LogP contribution in [0.1, 0.15) is 24.2 Å². The number of carbonyl (C=O) groups excluding carboxylic acids is 1. The van der Waals surface area contributed by atoms with Crippen molar-refractivity contribution >= 4 is 5.97 Å². The predicted molar refractivity (Wildman–Crippen MR) is 60.1 cm³/mol. The zero-order valence-electron chi connectivity index (χ0n) is 10.1. The number of carbonyl (C=O) groups is 1. The van der Waals surface area contributed by atoms with Crippen molar-refractivity contribution in [3.05, 3.63) is 23.5 Å². The number of esters is 1. The molecule has 5 heteroatoms. The lowest BCUT2D eigenvalue weighted by Crippen LogP contribution is -2.10. The Kier molecular flexibility index (Phi) is 4.75. The van der Waals surface area contributed by atoms with Crippen LogP contribution < -0.4 is 9.47 Å². The highest BCUT2D eigenvalue weighted by molar-refractivity contribution is 5.93. The molecule has 17 heavy (non-hydrogen) atoms. The molecular formula is C12H15FO4. The van der Waals surface area contributed by atoms with Crippen LogP contribution in [0.4, 0.5) is 4.39 Å². The van der Waals surface area contributed by atoms with Crippen molar-refractivity contribution < 1.29 is 23.4 Å². The molecule has 1 aromatic carbocycles. The van der Waals surface area contributed by atoms with E-state index in [2.05, 4.69) is 4.74 Å². The van der Waals surface area contributed by atoms with Crippen LogP contribution >= 0.6 is 0 Å². The molecule has 0 saturated carbocycles. The second-order valence-corrected chi connectivity index (χ2v) is 3.11. The largest absolute Gasteiger partial charge is 0.493 e. The summed E-state index contributed by atoms with van der Waals surface area (Å²) >= 11 is 0. The summed E-state index contributed by atoms with van der Waals surface area (Å²) < 4.78 is 28.7. The molecule has 0 amide bonds. The SMILES string of the molecule is CCOc1ccc(OCC)c(C(=O)OC)c1F. The quantitative estimate of drug-likeness (QED) is 0.744. The van der Waals surface area contributed by atoms with Crippen molar-refractivity contribution in [2.24, 2.45) is 0 Å². The number of rotatable bonds is 5. The molecule has 0 unspecified atom stereocenters. The second-order valence-electron chi connectivity index (χ2n) is 3.11. The lowest BCUT2D eigenvalue weighted by Gasteiger charge is -2.12. The van der Waals surface area contributed by atoms with Gasteiger partial charge in [-0.05, 0) is 26.0 Å². The Hall–Kier alpha value is -1.78. The zero-order chi connectivity index (χ0) is 12.8. The van der Waals surface area contributed by atoms with E-state index in [0.29, 0.717) is 13.2 Å². The van der Waals surface area contributed by atoms with E-state index >= 15 is 0 Å². The third kappa shape index (κ3) is 2.87. The van der Waals surface area contributed by atoms with Crippen LogP contribution in [0.15, 0.2) is 12.1 Å². The summed E-state index contributed by atoms with van der Waals surface area (Å²) in [6, 6.07) is 2.92. The van der Waals surface area contributed by atoms with E-state index in [1.807, 2.05) is 0 Å². The van der Waals surface area contributed by atoms with Gasteiger partial charge in [-0.1, -0.05) is 0 Å². The van der Waals surface area contributed by atoms with E-state index in [1.54, 1.807) is 13.8 Å². The van der Waals surface area contributed by atoms with Gasteiger partial charge in [-0.3, -0.25) is 0 Å². The Morgan fingerprint density at radius 3 is 2.24 bits per heavy atom. The molecule has 0 aliphatic carbocycles. The highest BCUT2D eigenvalue weighted by Gasteiger charge is 2.22. The Balaban J connectivity index is 3.25. The van der Waals surface area contributed by atoms with Crippen LogP contribution in [-0.4, -0.2) is 26.3 Å². The fourth-order valence-electron chi connectivity index (χ4n) is 1.37. The Labute approximate surface area is 99.3 Å². The van der Waals surface area contributed by atoms with Gasteiger partial charge in [-0.15, -0.1) is 0 Å². The summed E-state index contributed by atoms with van der Waals surface area (Å²) in [5.74, 6) is -1.38. The van der Waals surface area contributed by atoms with Gasteiger partial charge in [0.05, 0.1) is 20.3 Å². The average molecular weight is 242 g/mol. The first kappa shape index (κ1) is 13.3. The first-order chi connectivity index (χ1) is 8.15. The summed E-state index contributed by atoms with van der Waals surface area (Å²) in [6.45, 7) is 4.12. The molecule has 0 heterocycles. The van der Waals surface area contributed by atoms with Gasteiger partial charge in [0.1, 0.15) is 11.3 Å². The first-order valence-corrected chi connectivity index (χ1v) is 5.32. The topological polar surface area (TPSA) is 44.8 Å². The van der Waals surface area contributed by atoms with E-state index in [4.69, 9.17) is 9.47 Å². The van der Waals surface area contributed by atoms with Crippen LogP contribution in [0.3, 0.4) is 0 Å². The van der Waals surface area contributed by atoms with Gasteiger partial charge in [0.25, 0.3) is 0 Å². The molecule has 0 atom stereocenters. The lowest BCUT2D eigenvalue weighted by molar-refractivity contribution is 0.0589. The van der Waals surface area contributed by atoms with Crippen LogP contribution in [0.25, 0.3) is 0 Å². The third-order valence-corrected chi connectivity index (χ3v) is 2.06. The second kappa shape index (κ2) is 6.08. The fraction of sp³-hybridized carbons (Fsp3) is 0.417. The minimum Gasteiger partial charge on any atom is -0.493 e. The predicted octanol–water partition coefficient (Wildman–Crippen LogP) is 2.41. The minimum atomic E-state index is -0.785. The van der Waals surface area contributed by atoms with Gasteiger partial charge in [0.15, 0.2) is 11.6 Å². The molecule has 0 aliphatic heterocycles. The maximum absolute atomic E-state index is 14.0. The third-order valence-electron chi connectivity index (χ3n) is 2.06. The molecule has 0 aromatic heterocycles. The molecule has 0 aliphatic rings. The first-order valence-electron chi connectivity index (χ1n) is 5.32. The van der Waals surface area contributed by atoms with E-state index in [0.717, 1.165) is 0 Å². The Morgan fingerprint density at radius 2 is 1.71 bits per heavy atom. The van der Waals surface area contributed by atoms with Gasteiger partial charge in [-0.2, -0.15) is 0 Å². The smallest absolute Gasteiger partial charge is 0.344 e. The molecule has 0 fully saturated rings. The van der Waals surface area contributed by atoms with E-state index in [9.17, 15) is 9.18 Å². The normalized spacial score (nSPS) is 9.88. The van der Waals surface area contributed by atoms with Crippen LogP contribution in [0, 0.1) is 5.82 Å². The van der Waals surface area contributed by atoms with Crippen LogP contribution in [-0.2, 0) is 4.74 Å². The Bertz CT molecular complexity index is 404. The maximum atomic E-state index is 14.0. The molecule has 0 bridgehead atoms. The number of hydrogen-bond acceptors (Lipinski definition) is 4. The minimum absolute atomic E-state index is 0.0105. The van der Waals surface area contributed by atoms with Gasteiger partial charge in [-0.25, -0.2) is 9.18 Å². The lowest BCUT2D eigenvalue weighted by atomic mass is 10.1. The maximum Gasteiger partial charge on any atom is 0.344 e. The number of methoxy groups -OCH3 is 1. The van der Waals surface area contributed by atoms with Gasteiger partial charge < -0.3 is 14.2 Å². The molecular weight excluding hydrogens is 227 g/mol. The Morgan fingerprint density at radius 1 is 1.18 bits per heavy atom. The monoisotopic (exact) mass is 242 g/mol. The van der Waals surface area contributed by atoms with Gasteiger partial charge >= 0.3 is 5.97 Å². The highest BCUT2D eigenvalue weighted by Crippen LogP contribution is 2.29. The van der Waals surface area contributed by atoms with E-state index in [1.165, 1.54) is 19.2 Å². The van der Waals surface area contributed by atoms with Crippen molar-refractivity contribution in [2.45, 2.75) is 13.8 Å². The summed E-state index contributed by atoms with van der Waals surface area (Å²) in [7, 11) is 1.19. The average Bonchev–Trinajstić information content (AvgIpc) is 2.32. The van der Waals surface area contributed by atoms with E-state index < -0.39 is 11.8 Å². The van der Waals surface area contributed by atoms with Gasteiger partial charge in [0.2, 0.25) is 0 Å². The van der Waals surface area contributed by atoms with Crippen LogP contribution in [0.2, 0.25) is 0 Å². The molecule has 0 radical (unpaired) electrons. The number of hydrogen-bond donors (Lipinski definition) is 0. The van der Waals surface area contributed by atoms with Crippen molar-refractivity contribution in [3.63, 3.8) is 0 Å². The number of ether oxygens (including phenoxy) is 3. The standard InChI is InChI=1S/C12H15FO4/c1-4-16-8-6-7-9(17-5-2)11(13)10(8)12(14)15-3/h6-7H,4-5H2,1-3H3. The zero-order valence-corrected chi connectivity index (χ0v) is 10.1. The van der Waals surface area contributed by atoms with Crippen molar-refractivity contribution in [1.82, 2.24) is 0 Å². The number of halogens is 1. The molecule has 94 valence electrons. The molecule has 0 N–H and O–H groups in total. The van der Waals surface area contributed by atoms with Crippen molar-refractivity contribution in [3.8, 4) is 11.5 Å². The van der Waals surface area contributed by atoms with Crippen molar-refractivity contribution in [2.75, 3.05) is 20.3 Å². The summed E-state index contributed by atoms with van der Waals surface area (Å²) in [5, 5.41) is 0. The van der Waals surface area contributed by atoms with Crippen LogP contribution in [0.5, 0.6) is 11.5 Å². The summed E-state index contributed by atoms with van der Waals surface area (Å²) in [5.41, 5.74) is -0.236. The van der Waals surface area contributed by atoms with E-state index in [-0.39, 0.29) is 17.1 Å². The molecule has 0 saturated heterocycles. The molecule has 1 aromatic rings. The summed E-state index contributed by atoms with van der Waals surface area (Å²) in [6.07, 6.45) is 0. The highest BCUT2D eigenvalue weighted by atomic mass is 19.1. The van der Waals surface area contributed by atoms with Gasteiger partial charge in [0, 0.05) is 0 Å². The fourth-order valence-corrected chi connectivity index (χ4v) is 1.37. The molecule has 4 nitrogen and oxygen atoms in total. The molecule has 1 rings (SSSR count).